The van der Waals surface area contributed by atoms with Gasteiger partial charge in [0.2, 0.25) is 0 Å². The third-order valence-corrected chi connectivity index (χ3v) is 24.3. The molecule has 0 aliphatic heterocycles. The van der Waals surface area contributed by atoms with Gasteiger partial charge in [-0.3, -0.25) is 0 Å². The molecule has 0 atom stereocenters. The molecule has 72 heavy (non-hydrogen) atoms. The number of hydrogen-bond acceptors (Lipinski definition) is 0. The van der Waals surface area contributed by atoms with Crippen molar-refractivity contribution in [2.75, 3.05) is 0 Å². The summed E-state index contributed by atoms with van der Waals surface area (Å²) >= 11 is -9.74. The minimum absolute atomic E-state index is 0.592. The van der Waals surface area contributed by atoms with Gasteiger partial charge in [-0.05, 0) is 60.7 Å². The summed E-state index contributed by atoms with van der Waals surface area (Å²) in [6.45, 7) is 0. The van der Waals surface area contributed by atoms with Crippen molar-refractivity contribution in [3.8, 4) is 0 Å². The molecule has 0 saturated heterocycles. The molecule has 0 aliphatic carbocycles. The molecule has 0 nitrogen and oxygen atoms in total. The van der Waals surface area contributed by atoms with Gasteiger partial charge in [0.05, 0.1) is 22.0 Å². The molecule has 0 spiro atoms. The van der Waals surface area contributed by atoms with Gasteiger partial charge in [0, 0.05) is 0 Å². The Labute approximate surface area is 389 Å². The van der Waals surface area contributed by atoms with E-state index >= 15 is 35.1 Å². The standard InChI is InChI=1S/C20H13F6S.4C6F5.Ga/c21-19(22,23)14-6-10-17(11-7-14)27(16-4-2-1-3-5-16)18-12-8-15(9-13-18)20(24,25)26;4*7-2-1-3(8)5(10)6(11)4(2)9;/h1-13H;;;;;/q+1;;;;;-1. The van der Waals surface area contributed by atoms with Crippen LogP contribution in [0.15, 0.2) is 93.5 Å². The van der Waals surface area contributed by atoms with Gasteiger partial charge in [0.15, 0.2) is 14.7 Å². The molecule has 0 aliphatic rings. The molecule has 0 fully saturated rings. The van der Waals surface area contributed by atoms with Gasteiger partial charge in [-0.25, -0.2) is 0 Å². The first-order chi connectivity index (χ1) is 33.4. The fraction of sp³-hybridized carbons (Fsp3) is 0.0455. The molecule has 0 saturated carbocycles. The summed E-state index contributed by atoms with van der Waals surface area (Å²) in [4.78, 5) is 1.99. The molecular weight excluding hydrogens is 1120 g/mol. The van der Waals surface area contributed by atoms with Gasteiger partial charge >= 0.3 is 248 Å². The zero-order valence-corrected chi connectivity index (χ0v) is 37.1. The predicted molar refractivity (Wildman–Crippen MR) is 201 cm³/mol. The molecule has 0 unspecified atom stereocenters. The summed E-state index contributed by atoms with van der Waals surface area (Å²) in [6.07, 6.45) is -8.89. The van der Waals surface area contributed by atoms with Gasteiger partial charge in [0.1, 0.15) is 0 Å². The first kappa shape index (κ1) is 55.0. The second-order valence-electron chi connectivity index (χ2n) is 14.5. The van der Waals surface area contributed by atoms with Crippen molar-refractivity contribution in [2.24, 2.45) is 0 Å². The van der Waals surface area contributed by atoms with E-state index in [2.05, 4.69) is 0 Å². The molecular formula is C44H13F26GaS. The Kier molecular flexibility index (Phi) is 15.3. The molecule has 0 radical (unpaired) electrons. The molecule has 7 aromatic carbocycles. The van der Waals surface area contributed by atoms with E-state index in [0.717, 1.165) is 29.2 Å². The maximum absolute atomic E-state index is 15.4. The number of alkyl halides is 6. The Bertz CT molecular complexity index is 2810. The predicted octanol–water partition coefficient (Wildman–Crippen LogP) is 12.7. The Hall–Kier alpha value is -6.29. The maximum atomic E-state index is 15.4. The van der Waals surface area contributed by atoms with Crippen LogP contribution in [0.2, 0.25) is 0 Å². The quantitative estimate of drug-likeness (QED) is 0.0491. The summed E-state index contributed by atoms with van der Waals surface area (Å²) in [5.41, 5.74) is -1.54. The summed E-state index contributed by atoms with van der Waals surface area (Å²) in [7, 11) is -0.819. The van der Waals surface area contributed by atoms with Crippen molar-refractivity contribution < 1.29 is 114 Å². The fourth-order valence-electron chi connectivity index (χ4n) is 7.40. The Balaban J connectivity index is 0.000000266. The van der Waals surface area contributed by atoms with Crippen LogP contribution in [0, 0.1) is 116 Å². The molecule has 0 aromatic heterocycles. The first-order valence-electron chi connectivity index (χ1n) is 18.7. The van der Waals surface area contributed by atoms with Gasteiger partial charge in [-0.1, -0.05) is 18.2 Å². The Morgan fingerprint density at radius 2 is 0.417 bits per heavy atom. The normalized spacial score (nSPS) is 12.2. The van der Waals surface area contributed by atoms with E-state index in [1.807, 2.05) is 0 Å². The van der Waals surface area contributed by atoms with Crippen LogP contribution in [0.5, 0.6) is 0 Å². The minimum atomic E-state index is -9.74. The zero-order chi connectivity index (χ0) is 54.0. The van der Waals surface area contributed by atoms with E-state index in [4.69, 9.17) is 0 Å². The average molecular weight is 1140 g/mol. The molecule has 7 aromatic rings. The van der Waals surface area contributed by atoms with Gasteiger partial charge in [-0.2, -0.15) is 26.3 Å². The summed E-state index contributed by atoms with van der Waals surface area (Å²) in [5, 5.41) is 0. The molecule has 28 heteroatoms. The third-order valence-electron chi connectivity index (χ3n) is 10.5. The van der Waals surface area contributed by atoms with Crippen LogP contribution < -0.4 is 16.5 Å². The topological polar surface area (TPSA) is 0 Å². The fourth-order valence-corrected chi connectivity index (χ4v) is 21.6. The Morgan fingerprint density at radius 1 is 0.236 bits per heavy atom. The Morgan fingerprint density at radius 3 is 0.611 bits per heavy atom. The van der Waals surface area contributed by atoms with Gasteiger partial charge in [0.25, 0.3) is 0 Å². The zero-order valence-electron chi connectivity index (χ0n) is 33.8. The molecule has 0 amide bonds. The molecule has 7 rings (SSSR count). The summed E-state index contributed by atoms with van der Waals surface area (Å²) in [5.74, 6) is -70.5. The van der Waals surface area contributed by atoms with Crippen molar-refractivity contribution in [3.63, 3.8) is 0 Å². The van der Waals surface area contributed by atoms with E-state index in [9.17, 15) is 79.0 Å². The van der Waals surface area contributed by atoms with Crippen LogP contribution in [0.25, 0.3) is 0 Å². The van der Waals surface area contributed by atoms with Gasteiger partial charge < -0.3 is 0 Å². The van der Waals surface area contributed by atoms with Crippen LogP contribution in [0.3, 0.4) is 0 Å². The summed E-state index contributed by atoms with van der Waals surface area (Å²) in [6, 6.07) is 18.4. The molecule has 0 heterocycles. The molecule has 0 bridgehead atoms. The second-order valence-corrected chi connectivity index (χ2v) is 25.0. The number of benzene rings is 7. The summed E-state index contributed by atoms with van der Waals surface area (Å²) < 4.78 is 358. The third kappa shape index (κ3) is 9.12. The van der Waals surface area contributed by atoms with E-state index in [1.54, 1.807) is 30.3 Å². The monoisotopic (exact) mass is 1140 g/mol. The van der Waals surface area contributed by atoms with Crippen molar-refractivity contribution >= 4 is 42.4 Å². The van der Waals surface area contributed by atoms with Crippen LogP contribution >= 0.6 is 0 Å². The van der Waals surface area contributed by atoms with Crippen LogP contribution in [0.1, 0.15) is 11.1 Å². The van der Waals surface area contributed by atoms with E-state index < -0.39 is 182 Å². The average Bonchev–Trinajstić information content (AvgIpc) is 3.34. The van der Waals surface area contributed by atoms with Crippen LogP contribution in [-0.2, 0) is 23.2 Å². The first-order valence-corrected chi connectivity index (χ1v) is 24.8. The molecule has 380 valence electrons. The molecule has 0 N–H and O–H groups in total. The number of halogens is 26. The second kappa shape index (κ2) is 20.0. The van der Waals surface area contributed by atoms with Gasteiger partial charge in [-0.15, -0.1) is 0 Å². The van der Waals surface area contributed by atoms with Crippen molar-refractivity contribution in [1.82, 2.24) is 0 Å². The van der Waals surface area contributed by atoms with E-state index in [-0.39, 0.29) is 0 Å². The van der Waals surface area contributed by atoms with E-state index in [0.29, 0.717) is 9.79 Å². The van der Waals surface area contributed by atoms with Crippen molar-refractivity contribution in [2.45, 2.75) is 27.0 Å². The van der Waals surface area contributed by atoms with Crippen molar-refractivity contribution in [3.05, 3.63) is 206 Å². The van der Waals surface area contributed by atoms with Crippen LogP contribution in [0.4, 0.5) is 114 Å². The number of rotatable bonds is 7. The SMILES string of the molecule is FC(F)(F)c1ccc([S+](c2ccccc2)c2ccc(C(F)(F)F)cc2)cc1.Fc1c(F)c(F)[c]([Ga-]([c]2c(F)c(F)c(F)c(F)c2F)([c]2c(F)c(F)c(F)c(F)c2F)[c]2c(F)c(F)c(F)c(F)c2F)c(F)c1F. The van der Waals surface area contributed by atoms with Crippen molar-refractivity contribution in [1.29, 1.82) is 0 Å². The number of hydrogen-bond donors (Lipinski definition) is 0. The van der Waals surface area contributed by atoms with E-state index in [1.165, 1.54) is 24.3 Å². The van der Waals surface area contributed by atoms with Crippen LogP contribution in [-0.4, -0.2) is 15.0 Å².